The summed E-state index contributed by atoms with van der Waals surface area (Å²) in [7, 11) is 0. The molecule has 4 heteroatoms. The van der Waals surface area contributed by atoms with Gasteiger partial charge in [0.1, 0.15) is 5.82 Å². The van der Waals surface area contributed by atoms with E-state index in [1.165, 1.54) is 11.6 Å². The van der Waals surface area contributed by atoms with Crippen molar-refractivity contribution in [3.8, 4) is 0 Å². The number of nitrogens with one attached hydrogen (secondary N) is 1. The van der Waals surface area contributed by atoms with Gasteiger partial charge in [0.15, 0.2) is 0 Å². The summed E-state index contributed by atoms with van der Waals surface area (Å²) in [6.45, 7) is 0.463. The number of hydrogen-bond acceptors (Lipinski definition) is 1. The molecule has 2 aromatic rings. The molecule has 0 fully saturated rings. The van der Waals surface area contributed by atoms with E-state index in [2.05, 4.69) is 33.4 Å². The lowest BCUT2D eigenvalue weighted by Crippen LogP contribution is -2.02. The van der Waals surface area contributed by atoms with Gasteiger partial charge in [0, 0.05) is 28.1 Å². The highest BCUT2D eigenvalue weighted by atomic mass is 79.9. The van der Waals surface area contributed by atoms with Gasteiger partial charge in [0.05, 0.1) is 0 Å². The summed E-state index contributed by atoms with van der Waals surface area (Å²) < 4.78 is 14.5. The highest BCUT2D eigenvalue weighted by molar-refractivity contribution is 9.10. The molecule has 1 N–H and O–H groups in total. The molecule has 0 amide bonds. The minimum Gasteiger partial charge on any atom is -0.381 e. The number of aryl methyl sites for hydroxylation is 1. The van der Waals surface area contributed by atoms with Gasteiger partial charge in [-0.25, -0.2) is 4.39 Å². The summed E-state index contributed by atoms with van der Waals surface area (Å²) in [4.78, 5) is 0. The van der Waals surface area contributed by atoms with Crippen LogP contribution in [0.5, 0.6) is 0 Å². The number of hydrogen-bond donors (Lipinski definition) is 1. The SMILES string of the molecule is Fc1ccc(Br)cc1CNc1cccc(CCCCl)c1. The van der Waals surface area contributed by atoms with Crippen LogP contribution in [0.25, 0.3) is 0 Å². The first-order valence-electron chi connectivity index (χ1n) is 6.52. The van der Waals surface area contributed by atoms with E-state index in [9.17, 15) is 4.39 Å². The highest BCUT2D eigenvalue weighted by Crippen LogP contribution is 2.18. The van der Waals surface area contributed by atoms with Gasteiger partial charge in [-0.3, -0.25) is 0 Å². The fourth-order valence-corrected chi connectivity index (χ4v) is 2.53. The molecule has 20 heavy (non-hydrogen) atoms. The van der Waals surface area contributed by atoms with Crippen molar-refractivity contribution in [3.05, 3.63) is 63.9 Å². The third-order valence-electron chi connectivity index (χ3n) is 3.02. The average Bonchev–Trinajstić information content (AvgIpc) is 2.46. The van der Waals surface area contributed by atoms with E-state index in [-0.39, 0.29) is 5.82 Å². The maximum Gasteiger partial charge on any atom is 0.128 e. The van der Waals surface area contributed by atoms with Crippen LogP contribution in [-0.2, 0) is 13.0 Å². The number of benzene rings is 2. The summed E-state index contributed by atoms with van der Waals surface area (Å²) in [5.41, 5.74) is 2.88. The van der Waals surface area contributed by atoms with Crippen molar-refractivity contribution in [2.75, 3.05) is 11.2 Å². The average molecular weight is 357 g/mol. The molecule has 0 unspecified atom stereocenters. The Morgan fingerprint density at radius 3 is 2.80 bits per heavy atom. The van der Waals surface area contributed by atoms with E-state index < -0.39 is 0 Å². The number of anilines is 1. The largest absolute Gasteiger partial charge is 0.381 e. The van der Waals surface area contributed by atoms with Crippen LogP contribution in [0.2, 0.25) is 0 Å². The molecule has 1 nitrogen and oxygen atoms in total. The maximum absolute atomic E-state index is 13.6. The van der Waals surface area contributed by atoms with Gasteiger partial charge in [0.2, 0.25) is 0 Å². The van der Waals surface area contributed by atoms with E-state index in [0.29, 0.717) is 18.0 Å². The zero-order valence-corrected chi connectivity index (χ0v) is 13.3. The molecule has 106 valence electrons. The summed E-state index contributed by atoms with van der Waals surface area (Å²) in [5.74, 6) is 0.472. The normalized spacial score (nSPS) is 10.6. The van der Waals surface area contributed by atoms with Crippen molar-refractivity contribution in [1.82, 2.24) is 0 Å². The van der Waals surface area contributed by atoms with E-state index >= 15 is 0 Å². The predicted octanol–water partition coefficient (Wildman–Crippen LogP) is 5.37. The Morgan fingerprint density at radius 2 is 2.00 bits per heavy atom. The van der Waals surface area contributed by atoms with Crippen molar-refractivity contribution < 1.29 is 4.39 Å². The summed E-state index contributed by atoms with van der Waals surface area (Å²) >= 11 is 9.06. The highest BCUT2D eigenvalue weighted by Gasteiger charge is 2.03. The Morgan fingerprint density at radius 1 is 1.15 bits per heavy atom. The van der Waals surface area contributed by atoms with Gasteiger partial charge in [0.25, 0.3) is 0 Å². The van der Waals surface area contributed by atoms with E-state index in [1.54, 1.807) is 12.1 Å². The molecule has 0 bridgehead atoms. The van der Waals surface area contributed by atoms with Gasteiger partial charge in [-0.05, 0) is 48.7 Å². The van der Waals surface area contributed by atoms with Crippen molar-refractivity contribution in [3.63, 3.8) is 0 Å². The Labute approximate surface area is 132 Å². The van der Waals surface area contributed by atoms with E-state index in [0.717, 1.165) is 23.0 Å². The lowest BCUT2D eigenvalue weighted by molar-refractivity contribution is 0.612. The molecule has 0 spiro atoms. The smallest absolute Gasteiger partial charge is 0.128 e. The third kappa shape index (κ3) is 4.50. The van der Waals surface area contributed by atoms with Crippen molar-refractivity contribution in [1.29, 1.82) is 0 Å². The lowest BCUT2D eigenvalue weighted by atomic mass is 10.1. The van der Waals surface area contributed by atoms with E-state index in [4.69, 9.17) is 11.6 Å². The fourth-order valence-electron chi connectivity index (χ4n) is 1.98. The van der Waals surface area contributed by atoms with E-state index in [1.807, 2.05) is 12.1 Å². The van der Waals surface area contributed by atoms with Crippen molar-refractivity contribution >= 4 is 33.2 Å². The molecule has 0 aliphatic heterocycles. The van der Waals surface area contributed by atoms with Gasteiger partial charge >= 0.3 is 0 Å². The third-order valence-corrected chi connectivity index (χ3v) is 3.78. The van der Waals surface area contributed by atoms with Crippen LogP contribution in [0.15, 0.2) is 46.9 Å². The molecule has 0 atom stereocenters. The Balaban J connectivity index is 2.01. The number of rotatable bonds is 6. The van der Waals surface area contributed by atoms with Crippen LogP contribution in [0.1, 0.15) is 17.5 Å². The molecule has 2 rings (SSSR count). The van der Waals surface area contributed by atoms with Crippen LogP contribution in [0.3, 0.4) is 0 Å². The minimum atomic E-state index is -0.195. The molecule has 0 aliphatic rings. The first-order chi connectivity index (χ1) is 9.69. The molecule has 0 saturated heterocycles. The van der Waals surface area contributed by atoms with Crippen LogP contribution < -0.4 is 5.32 Å². The number of halogens is 3. The molecular formula is C16H16BrClFN. The Kier molecular flexibility index (Phi) is 5.86. The van der Waals surface area contributed by atoms with Crippen LogP contribution >= 0.6 is 27.5 Å². The maximum atomic E-state index is 13.6. The van der Waals surface area contributed by atoms with Gasteiger partial charge in [-0.15, -0.1) is 11.6 Å². The molecule has 0 radical (unpaired) electrons. The minimum absolute atomic E-state index is 0.195. The second-order valence-electron chi connectivity index (χ2n) is 4.58. The quantitative estimate of drug-likeness (QED) is 0.686. The predicted molar refractivity (Wildman–Crippen MR) is 86.9 cm³/mol. The Hall–Kier alpha value is -1.06. The summed E-state index contributed by atoms with van der Waals surface area (Å²) in [6.07, 6.45) is 1.93. The second kappa shape index (κ2) is 7.65. The molecule has 0 aliphatic carbocycles. The van der Waals surface area contributed by atoms with Gasteiger partial charge in [-0.1, -0.05) is 28.1 Å². The Bertz CT molecular complexity index is 574. The summed E-state index contributed by atoms with van der Waals surface area (Å²) in [5, 5.41) is 3.25. The molecule has 0 saturated carbocycles. The topological polar surface area (TPSA) is 12.0 Å². The van der Waals surface area contributed by atoms with Crippen LogP contribution in [-0.4, -0.2) is 5.88 Å². The number of alkyl halides is 1. The van der Waals surface area contributed by atoms with Crippen molar-refractivity contribution in [2.24, 2.45) is 0 Å². The monoisotopic (exact) mass is 355 g/mol. The van der Waals surface area contributed by atoms with Gasteiger partial charge < -0.3 is 5.32 Å². The standard InChI is InChI=1S/C16H16BrClFN/c17-14-6-7-16(19)13(10-14)11-20-15-5-1-3-12(9-15)4-2-8-18/h1,3,5-7,9-10,20H,2,4,8,11H2. The van der Waals surface area contributed by atoms with Crippen LogP contribution in [0, 0.1) is 5.82 Å². The second-order valence-corrected chi connectivity index (χ2v) is 5.88. The molecule has 2 aromatic carbocycles. The zero-order valence-electron chi connectivity index (χ0n) is 11.0. The lowest BCUT2D eigenvalue weighted by Gasteiger charge is -2.09. The van der Waals surface area contributed by atoms with Crippen LogP contribution in [0.4, 0.5) is 10.1 Å². The molecular weight excluding hydrogens is 341 g/mol. The zero-order chi connectivity index (χ0) is 14.4. The van der Waals surface area contributed by atoms with Crippen molar-refractivity contribution in [2.45, 2.75) is 19.4 Å². The molecule has 0 aromatic heterocycles. The first-order valence-corrected chi connectivity index (χ1v) is 7.84. The fraction of sp³-hybridized carbons (Fsp3) is 0.250. The molecule has 0 heterocycles. The first kappa shape index (κ1) is 15.3. The summed E-state index contributed by atoms with van der Waals surface area (Å²) in [6, 6.07) is 13.1. The van der Waals surface area contributed by atoms with Gasteiger partial charge in [-0.2, -0.15) is 0 Å².